The van der Waals surface area contributed by atoms with Gasteiger partial charge in [-0.25, -0.2) is 4.79 Å². The number of nitrogens with two attached hydrogens (primary N) is 1. The van der Waals surface area contributed by atoms with Gasteiger partial charge in [0.2, 0.25) is 0 Å². The second-order valence-electron chi connectivity index (χ2n) is 5.29. The average molecular weight is 313 g/mol. The van der Waals surface area contributed by atoms with E-state index in [2.05, 4.69) is 23.6 Å². The van der Waals surface area contributed by atoms with Gasteiger partial charge in [-0.05, 0) is 49.2 Å². The Kier molecular flexibility index (Phi) is 6.00. The quantitative estimate of drug-likeness (QED) is 0.733. The summed E-state index contributed by atoms with van der Waals surface area (Å²) in [6, 6.07) is 15.3. The number of amides is 2. The number of anilines is 1. The molecule has 5 heteroatoms. The maximum Gasteiger partial charge on any atom is 0.316 e. The van der Waals surface area contributed by atoms with Gasteiger partial charge in [-0.1, -0.05) is 24.3 Å². The lowest BCUT2D eigenvalue weighted by molar-refractivity contribution is 0.259. The van der Waals surface area contributed by atoms with Crippen LogP contribution >= 0.6 is 0 Å². The largest absolute Gasteiger partial charge is 0.494 e. The zero-order valence-corrected chi connectivity index (χ0v) is 13.5. The molecule has 0 aliphatic heterocycles. The summed E-state index contributed by atoms with van der Waals surface area (Å²) in [7, 11) is 0. The first-order chi connectivity index (χ1) is 11.1. The fourth-order valence-electron chi connectivity index (χ4n) is 2.30. The lowest BCUT2D eigenvalue weighted by Gasteiger charge is -2.15. The second kappa shape index (κ2) is 8.19. The molecule has 2 amide bonds. The van der Waals surface area contributed by atoms with Gasteiger partial charge in [0.05, 0.1) is 6.61 Å². The van der Waals surface area contributed by atoms with Crippen molar-refractivity contribution in [3.05, 3.63) is 59.7 Å². The highest BCUT2D eigenvalue weighted by Gasteiger charge is 2.06. The monoisotopic (exact) mass is 313 g/mol. The normalized spacial score (nSPS) is 11.7. The topological polar surface area (TPSA) is 76.4 Å². The fraction of sp³-hybridized carbons (Fsp3) is 0.278. The maximum atomic E-state index is 10.8. The molecule has 2 aromatic carbocycles. The highest BCUT2D eigenvalue weighted by atomic mass is 16.5. The van der Waals surface area contributed by atoms with E-state index in [1.165, 1.54) is 5.56 Å². The smallest absolute Gasteiger partial charge is 0.316 e. The van der Waals surface area contributed by atoms with Crippen molar-refractivity contribution in [3.63, 3.8) is 0 Å². The molecule has 0 bridgehead atoms. The number of primary amides is 1. The van der Waals surface area contributed by atoms with Crippen LogP contribution in [-0.2, 0) is 6.54 Å². The van der Waals surface area contributed by atoms with Gasteiger partial charge < -0.3 is 21.1 Å². The molecule has 23 heavy (non-hydrogen) atoms. The summed E-state index contributed by atoms with van der Waals surface area (Å²) in [6.07, 6.45) is 0. The van der Waals surface area contributed by atoms with E-state index in [0.717, 1.165) is 17.9 Å². The molecule has 2 aromatic rings. The van der Waals surface area contributed by atoms with Gasteiger partial charge in [0.25, 0.3) is 0 Å². The van der Waals surface area contributed by atoms with Crippen LogP contribution in [0.15, 0.2) is 48.5 Å². The van der Waals surface area contributed by atoms with Gasteiger partial charge in [-0.15, -0.1) is 0 Å². The molecule has 0 aliphatic carbocycles. The number of urea groups is 1. The van der Waals surface area contributed by atoms with Gasteiger partial charge in [0.1, 0.15) is 5.75 Å². The highest BCUT2D eigenvalue weighted by Crippen LogP contribution is 2.18. The van der Waals surface area contributed by atoms with E-state index in [1.807, 2.05) is 49.4 Å². The van der Waals surface area contributed by atoms with Crippen molar-refractivity contribution >= 4 is 11.7 Å². The van der Waals surface area contributed by atoms with E-state index in [4.69, 9.17) is 10.5 Å². The van der Waals surface area contributed by atoms with E-state index < -0.39 is 6.03 Å². The Morgan fingerprint density at radius 3 is 2.61 bits per heavy atom. The first-order valence-electron chi connectivity index (χ1n) is 7.70. The van der Waals surface area contributed by atoms with Crippen LogP contribution in [0.1, 0.15) is 31.0 Å². The molecule has 2 rings (SSSR count). The molecule has 0 radical (unpaired) electrons. The predicted molar refractivity (Wildman–Crippen MR) is 92.5 cm³/mol. The van der Waals surface area contributed by atoms with E-state index >= 15 is 0 Å². The van der Waals surface area contributed by atoms with Crippen LogP contribution in [0, 0.1) is 0 Å². The van der Waals surface area contributed by atoms with Crippen LogP contribution in [0.3, 0.4) is 0 Å². The van der Waals surface area contributed by atoms with Gasteiger partial charge in [0, 0.05) is 18.3 Å². The van der Waals surface area contributed by atoms with E-state index in [0.29, 0.717) is 12.3 Å². The number of carbonyl (C=O) groups is 1. The molecule has 122 valence electrons. The van der Waals surface area contributed by atoms with Crippen LogP contribution < -0.4 is 21.1 Å². The third kappa shape index (κ3) is 5.30. The van der Waals surface area contributed by atoms with Crippen molar-refractivity contribution in [2.24, 2.45) is 5.73 Å². The molecular weight excluding hydrogens is 290 g/mol. The first-order valence-corrected chi connectivity index (χ1v) is 7.70. The van der Waals surface area contributed by atoms with Crippen molar-refractivity contribution in [2.45, 2.75) is 26.4 Å². The number of carbonyl (C=O) groups excluding carboxylic acids is 1. The number of benzene rings is 2. The minimum Gasteiger partial charge on any atom is -0.494 e. The second-order valence-corrected chi connectivity index (χ2v) is 5.29. The molecule has 4 N–H and O–H groups in total. The summed E-state index contributed by atoms with van der Waals surface area (Å²) in [5.41, 5.74) is 8.10. The molecule has 5 nitrogen and oxygen atoms in total. The van der Waals surface area contributed by atoms with E-state index in [9.17, 15) is 4.79 Å². The summed E-state index contributed by atoms with van der Waals surface area (Å²) in [6.45, 7) is 5.50. The Labute approximate surface area is 136 Å². The van der Waals surface area contributed by atoms with Crippen molar-refractivity contribution < 1.29 is 9.53 Å². The Hall–Kier alpha value is -2.53. The summed E-state index contributed by atoms with van der Waals surface area (Å²) in [4.78, 5) is 10.8. The van der Waals surface area contributed by atoms with Gasteiger partial charge in [0.15, 0.2) is 0 Å². The Morgan fingerprint density at radius 2 is 1.96 bits per heavy atom. The number of hydrogen-bond acceptors (Lipinski definition) is 3. The molecule has 0 aliphatic rings. The molecule has 0 aromatic heterocycles. The Balaban J connectivity index is 1.92. The molecule has 0 fully saturated rings. The third-order valence-electron chi connectivity index (χ3n) is 3.50. The summed E-state index contributed by atoms with van der Waals surface area (Å²) < 4.78 is 5.51. The number of rotatable bonds is 7. The van der Waals surface area contributed by atoms with Crippen LogP contribution in [0.4, 0.5) is 10.5 Å². The molecule has 1 unspecified atom stereocenters. The molecule has 0 heterocycles. The van der Waals surface area contributed by atoms with Crippen LogP contribution in [0.5, 0.6) is 5.75 Å². The molecule has 0 spiro atoms. The lowest BCUT2D eigenvalue weighted by atomic mass is 10.1. The molecule has 0 saturated heterocycles. The summed E-state index contributed by atoms with van der Waals surface area (Å²) in [5, 5.41) is 6.03. The first kappa shape index (κ1) is 16.8. The lowest BCUT2D eigenvalue weighted by Crippen LogP contribution is -2.20. The summed E-state index contributed by atoms with van der Waals surface area (Å²) >= 11 is 0. The predicted octanol–water partition coefficient (Wildman–Crippen LogP) is 3.43. The number of hydrogen-bond donors (Lipinski definition) is 3. The third-order valence-corrected chi connectivity index (χ3v) is 3.50. The van der Waals surface area contributed by atoms with Gasteiger partial charge >= 0.3 is 6.03 Å². The number of nitrogens with one attached hydrogen (secondary N) is 2. The minimum atomic E-state index is -0.557. The molecular formula is C18H23N3O2. The van der Waals surface area contributed by atoms with Crippen molar-refractivity contribution in [2.75, 3.05) is 11.9 Å². The zero-order valence-electron chi connectivity index (χ0n) is 13.5. The van der Waals surface area contributed by atoms with Crippen molar-refractivity contribution in [1.82, 2.24) is 5.32 Å². The minimum absolute atomic E-state index is 0.188. The van der Waals surface area contributed by atoms with Crippen molar-refractivity contribution in [1.29, 1.82) is 0 Å². The Morgan fingerprint density at radius 1 is 1.22 bits per heavy atom. The fourth-order valence-corrected chi connectivity index (χ4v) is 2.30. The zero-order chi connectivity index (χ0) is 16.7. The SMILES string of the molecule is CCOc1cccc(CNC(C)c2ccc(NC(N)=O)cc2)c1. The number of ether oxygens (including phenoxy) is 1. The van der Waals surface area contributed by atoms with Crippen LogP contribution in [0.2, 0.25) is 0 Å². The van der Waals surface area contributed by atoms with Gasteiger partial charge in [-0.2, -0.15) is 0 Å². The summed E-state index contributed by atoms with van der Waals surface area (Å²) in [5.74, 6) is 0.890. The maximum absolute atomic E-state index is 10.8. The van der Waals surface area contributed by atoms with Crippen LogP contribution in [0.25, 0.3) is 0 Å². The van der Waals surface area contributed by atoms with E-state index in [1.54, 1.807) is 0 Å². The Bertz CT molecular complexity index is 641. The molecule has 0 saturated carbocycles. The standard InChI is InChI=1S/C18H23N3O2/c1-3-23-17-6-4-5-14(11-17)12-20-13(2)15-7-9-16(10-8-15)21-18(19)22/h4-11,13,20H,3,12H2,1-2H3,(H3,19,21,22). The highest BCUT2D eigenvalue weighted by molar-refractivity contribution is 5.87. The van der Waals surface area contributed by atoms with Gasteiger partial charge in [-0.3, -0.25) is 0 Å². The average Bonchev–Trinajstić information content (AvgIpc) is 2.53. The molecule has 1 atom stereocenters. The van der Waals surface area contributed by atoms with Crippen molar-refractivity contribution in [3.8, 4) is 5.75 Å². The van der Waals surface area contributed by atoms with E-state index in [-0.39, 0.29) is 6.04 Å². The van der Waals surface area contributed by atoms with Crippen LogP contribution in [-0.4, -0.2) is 12.6 Å².